The first-order valence-corrected chi connectivity index (χ1v) is 5.87. The predicted octanol–water partition coefficient (Wildman–Crippen LogP) is 3.62. The molecule has 0 aliphatic carbocycles. The van der Waals surface area contributed by atoms with Gasteiger partial charge in [-0.25, -0.2) is 4.39 Å². The quantitative estimate of drug-likeness (QED) is 0.741. The number of hydrogen-bond acceptors (Lipinski definition) is 2. The summed E-state index contributed by atoms with van der Waals surface area (Å²) in [6.45, 7) is 1.71. The second-order valence-corrected chi connectivity index (χ2v) is 4.59. The fourth-order valence-corrected chi connectivity index (χ4v) is 2.38. The van der Waals surface area contributed by atoms with E-state index in [1.165, 1.54) is 11.3 Å². The van der Waals surface area contributed by atoms with Gasteiger partial charge in [-0.2, -0.15) is 0 Å². The van der Waals surface area contributed by atoms with Crippen LogP contribution in [0.2, 0.25) is 0 Å². The van der Waals surface area contributed by atoms with Crippen molar-refractivity contribution in [2.24, 2.45) is 0 Å². The molecule has 1 aromatic heterocycles. The number of ketones is 1. The Kier molecular flexibility index (Phi) is 3.15. The smallest absolute Gasteiger partial charge is 0.168 e. The normalized spacial score (nSPS) is 10.4. The molecule has 0 radical (unpaired) electrons. The molecule has 1 nitrogen and oxygen atoms in total. The highest BCUT2D eigenvalue weighted by Gasteiger charge is 2.13. The molecular weight excluding hydrogens is 223 g/mol. The largest absolute Gasteiger partial charge is 0.294 e. The van der Waals surface area contributed by atoms with Gasteiger partial charge in [0, 0.05) is 16.9 Å². The summed E-state index contributed by atoms with van der Waals surface area (Å²) in [7, 11) is 0. The molecule has 3 heteroatoms. The van der Waals surface area contributed by atoms with Crippen LogP contribution in [0, 0.1) is 12.7 Å². The summed E-state index contributed by atoms with van der Waals surface area (Å²) in [5, 5.41) is 1.74. The number of rotatable bonds is 3. The molecule has 0 fully saturated rings. The number of Topliss-reactive ketones (excluding diaryl/α,β-unsaturated/α-hetero) is 1. The lowest BCUT2D eigenvalue weighted by molar-refractivity contribution is 0.0993. The van der Waals surface area contributed by atoms with E-state index < -0.39 is 0 Å². The summed E-state index contributed by atoms with van der Waals surface area (Å²) in [5.41, 5.74) is 1.24. The van der Waals surface area contributed by atoms with Gasteiger partial charge in [0.05, 0.1) is 0 Å². The molecule has 1 heterocycles. The van der Waals surface area contributed by atoms with E-state index in [1.54, 1.807) is 24.4 Å². The Balaban J connectivity index is 2.17. The van der Waals surface area contributed by atoms with Gasteiger partial charge in [0.25, 0.3) is 0 Å². The van der Waals surface area contributed by atoms with E-state index in [2.05, 4.69) is 0 Å². The third kappa shape index (κ3) is 2.19. The summed E-state index contributed by atoms with van der Waals surface area (Å²) in [4.78, 5) is 12.3. The maximum absolute atomic E-state index is 13.5. The molecule has 0 aliphatic rings. The van der Waals surface area contributed by atoms with E-state index in [9.17, 15) is 9.18 Å². The van der Waals surface area contributed by atoms with Crippen molar-refractivity contribution in [3.63, 3.8) is 0 Å². The first-order valence-electron chi connectivity index (χ1n) is 4.99. The van der Waals surface area contributed by atoms with Gasteiger partial charge in [-0.1, -0.05) is 30.3 Å². The van der Waals surface area contributed by atoms with Gasteiger partial charge in [0.2, 0.25) is 0 Å². The average Bonchev–Trinajstić information content (AvgIpc) is 2.62. The van der Waals surface area contributed by atoms with Crippen LogP contribution in [-0.2, 0) is 6.42 Å². The number of benzene rings is 1. The number of halogens is 1. The zero-order valence-electron chi connectivity index (χ0n) is 8.87. The van der Waals surface area contributed by atoms with Crippen LogP contribution in [0.3, 0.4) is 0 Å². The Bertz CT molecular complexity index is 502. The van der Waals surface area contributed by atoms with Crippen LogP contribution in [0.1, 0.15) is 20.8 Å². The third-order valence-corrected chi connectivity index (χ3v) is 3.47. The standard InChI is InChI=1S/C13H11FOS/c1-9-8-16-12(13(9)14)7-11(15)10-5-3-2-4-6-10/h2-6,8H,7H2,1H3. The number of hydrogen-bond donors (Lipinski definition) is 0. The van der Waals surface area contributed by atoms with Gasteiger partial charge < -0.3 is 0 Å². The molecule has 0 spiro atoms. The van der Waals surface area contributed by atoms with E-state index in [1.807, 2.05) is 18.2 Å². The van der Waals surface area contributed by atoms with Gasteiger partial charge >= 0.3 is 0 Å². The molecular formula is C13H11FOS. The zero-order valence-corrected chi connectivity index (χ0v) is 9.68. The molecule has 0 amide bonds. The number of carbonyl (C=O) groups excluding carboxylic acids is 1. The van der Waals surface area contributed by atoms with Crippen LogP contribution < -0.4 is 0 Å². The third-order valence-electron chi connectivity index (χ3n) is 2.39. The molecule has 0 N–H and O–H groups in total. The molecule has 1 aromatic carbocycles. The minimum Gasteiger partial charge on any atom is -0.294 e. The Morgan fingerprint density at radius 3 is 2.56 bits per heavy atom. The van der Waals surface area contributed by atoms with Gasteiger partial charge in [-0.05, 0) is 17.9 Å². The first kappa shape index (κ1) is 11.0. The monoisotopic (exact) mass is 234 g/mol. The molecule has 2 aromatic rings. The minimum atomic E-state index is -0.241. The maximum atomic E-state index is 13.5. The topological polar surface area (TPSA) is 17.1 Å². The lowest BCUT2D eigenvalue weighted by Crippen LogP contribution is -2.03. The molecule has 0 unspecified atom stereocenters. The van der Waals surface area contributed by atoms with Crippen LogP contribution in [-0.4, -0.2) is 5.78 Å². The summed E-state index contributed by atoms with van der Waals surface area (Å²) < 4.78 is 13.5. The van der Waals surface area contributed by atoms with Gasteiger partial charge in [0.15, 0.2) is 5.78 Å². The molecule has 0 saturated heterocycles. The number of carbonyl (C=O) groups is 1. The van der Waals surface area contributed by atoms with E-state index in [0.717, 1.165) is 0 Å². The molecule has 0 atom stereocenters. The van der Waals surface area contributed by atoms with Crippen molar-refractivity contribution in [3.05, 3.63) is 57.5 Å². The summed E-state index contributed by atoms with van der Waals surface area (Å²) >= 11 is 1.30. The lowest BCUT2D eigenvalue weighted by Gasteiger charge is -1.99. The van der Waals surface area contributed by atoms with Gasteiger partial charge in [-0.3, -0.25) is 4.79 Å². The zero-order chi connectivity index (χ0) is 11.5. The molecule has 82 valence electrons. The minimum absolute atomic E-state index is 0.0404. The molecule has 16 heavy (non-hydrogen) atoms. The van der Waals surface area contributed by atoms with E-state index >= 15 is 0 Å². The second kappa shape index (κ2) is 4.58. The fraction of sp³-hybridized carbons (Fsp3) is 0.154. The maximum Gasteiger partial charge on any atom is 0.168 e. The molecule has 0 saturated carbocycles. The lowest BCUT2D eigenvalue weighted by atomic mass is 10.1. The van der Waals surface area contributed by atoms with Crippen molar-refractivity contribution < 1.29 is 9.18 Å². The number of aryl methyl sites for hydroxylation is 1. The summed E-state index contributed by atoms with van der Waals surface area (Å²) in [6.07, 6.45) is 0.147. The van der Waals surface area contributed by atoms with Crippen molar-refractivity contribution in [1.82, 2.24) is 0 Å². The van der Waals surface area contributed by atoms with Crippen LogP contribution in [0.4, 0.5) is 4.39 Å². The Hall–Kier alpha value is -1.48. The van der Waals surface area contributed by atoms with E-state index in [4.69, 9.17) is 0 Å². The van der Waals surface area contributed by atoms with Crippen molar-refractivity contribution in [2.45, 2.75) is 13.3 Å². The summed E-state index contributed by atoms with van der Waals surface area (Å²) in [5.74, 6) is -0.282. The molecule has 0 bridgehead atoms. The van der Waals surface area contributed by atoms with Crippen LogP contribution >= 0.6 is 11.3 Å². The van der Waals surface area contributed by atoms with E-state index in [-0.39, 0.29) is 18.0 Å². The van der Waals surface area contributed by atoms with Crippen molar-refractivity contribution in [1.29, 1.82) is 0 Å². The van der Waals surface area contributed by atoms with Gasteiger partial charge in [0.1, 0.15) is 5.82 Å². The highest BCUT2D eigenvalue weighted by molar-refractivity contribution is 7.10. The Morgan fingerprint density at radius 2 is 2.00 bits per heavy atom. The van der Waals surface area contributed by atoms with Crippen LogP contribution in [0.5, 0.6) is 0 Å². The van der Waals surface area contributed by atoms with E-state index in [0.29, 0.717) is 16.0 Å². The highest BCUT2D eigenvalue weighted by atomic mass is 32.1. The van der Waals surface area contributed by atoms with Crippen molar-refractivity contribution in [2.75, 3.05) is 0 Å². The second-order valence-electron chi connectivity index (χ2n) is 3.62. The van der Waals surface area contributed by atoms with Crippen molar-refractivity contribution >= 4 is 17.1 Å². The fourth-order valence-electron chi connectivity index (χ4n) is 1.47. The predicted molar refractivity (Wildman–Crippen MR) is 63.5 cm³/mol. The van der Waals surface area contributed by atoms with Crippen LogP contribution in [0.25, 0.3) is 0 Å². The molecule has 2 rings (SSSR count). The Labute approximate surface area is 97.6 Å². The van der Waals surface area contributed by atoms with Gasteiger partial charge in [-0.15, -0.1) is 11.3 Å². The first-order chi connectivity index (χ1) is 7.68. The SMILES string of the molecule is Cc1csc(CC(=O)c2ccccc2)c1F. The van der Waals surface area contributed by atoms with Crippen LogP contribution in [0.15, 0.2) is 35.7 Å². The average molecular weight is 234 g/mol. The van der Waals surface area contributed by atoms with Crippen molar-refractivity contribution in [3.8, 4) is 0 Å². The number of thiophene rings is 1. The summed E-state index contributed by atoms with van der Waals surface area (Å²) in [6, 6.07) is 8.97. The highest BCUT2D eigenvalue weighted by Crippen LogP contribution is 2.21. The Morgan fingerprint density at radius 1 is 1.31 bits per heavy atom. The molecule has 0 aliphatic heterocycles.